The van der Waals surface area contributed by atoms with Gasteiger partial charge in [-0.3, -0.25) is 4.79 Å². The third-order valence-corrected chi connectivity index (χ3v) is 2.69. The van der Waals surface area contributed by atoms with Gasteiger partial charge in [0.2, 0.25) is 0 Å². The predicted octanol–water partition coefficient (Wildman–Crippen LogP) is 2.70. The largest absolute Gasteiger partial charge is 0.373 e. The Kier molecular flexibility index (Phi) is 5.77. The molecule has 0 aliphatic carbocycles. The van der Waals surface area contributed by atoms with Crippen molar-refractivity contribution in [3.05, 3.63) is 22.8 Å². The highest BCUT2D eigenvalue weighted by Gasteiger charge is 2.12. The van der Waals surface area contributed by atoms with Crippen LogP contribution in [0.3, 0.4) is 0 Å². The minimum atomic E-state index is -0.219. The van der Waals surface area contributed by atoms with E-state index in [0.29, 0.717) is 17.4 Å². The van der Waals surface area contributed by atoms with Crippen LogP contribution >= 0.6 is 11.6 Å². The summed E-state index contributed by atoms with van der Waals surface area (Å²) in [5, 5.41) is 6.06. The van der Waals surface area contributed by atoms with E-state index in [1.54, 1.807) is 19.2 Å². The molecule has 0 saturated carbocycles. The van der Waals surface area contributed by atoms with E-state index in [2.05, 4.69) is 22.5 Å². The highest BCUT2D eigenvalue weighted by atomic mass is 35.5. The highest BCUT2D eigenvalue weighted by Crippen LogP contribution is 2.16. The molecule has 0 aliphatic rings. The van der Waals surface area contributed by atoms with Gasteiger partial charge in [0.1, 0.15) is 11.5 Å². The van der Waals surface area contributed by atoms with Crippen molar-refractivity contribution >= 4 is 23.3 Å². The smallest absolute Gasteiger partial charge is 0.271 e. The maximum Gasteiger partial charge on any atom is 0.271 e. The van der Waals surface area contributed by atoms with Gasteiger partial charge >= 0.3 is 0 Å². The van der Waals surface area contributed by atoms with Crippen LogP contribution in [-0.4, -0.2) is 24.5 Å². The number of nitrogens with one attached hydrogen (secondary N) is 2. The average molecular weight is 256 g/mol. The second-order valence-corrected chi connectivity index (χ2v) is 4.15. The van der Waals surface area contributed by atoms with Gasteiger partial charge in [0.25, 0.3) is 5.91 Å². The number of nitrogens with zero attached hydrogens (tertiary/aromatic N) is 1. The molecule has 4 nitrogen and oxygen atoms in total. The number of aromatic nitrogens is 1. The first-order chi connectivity index (χ1) is 8.19. The van der Waals surface area contributed by atoms with Gasteiger partial charge in [-0.05, 0) is 18.6 Å². The number of hydrogen-bond acceptors (Lipinski definition) is 3. The summed E-state index contributed by atoms with van der Waals surface area (Å²) >= 11 is 5.94. The summed E-state index contributed by atoms with van der Waals surface area (Å²) in [4.78, 5) is 15.9. The average Bonchev–Trinajstić information content (AvgIpc) is 2.35. The molecule has 94 valence electrons. The Morgan fingerprint density at radius 3 is 2.82 bits per heavy atom. The Hall–Kier alpha value is -1.29. The zero-order valence-corrected chi connectivity index (χ0v) is 11.0. The Morgan fingerprint density at radius 2 is 2.18 bits per heavy atom. The molecule has 0 saturated heterocycles. The van der Waals surface area contributed by atoms with E-state index in [9.17, 15) is 4.79 Å². The van der Waals surface area contributed by atoms with E-state index < -0.39 is 0 Å². The molecule has 2 N–H and O–H groups in total. The number of hydrogen-bond donors (Lipinski definition) is 2. The summed E-state index contributed by atoms with van der Waals surface area (Å²) in [5.41, 5.74) is 0.273. The minimum absolute atomic E-state index is 0.219. The molecule has 1 aromatic heterocycles. The van der Waals surface area contributed by atoms with Crippen molar-refractivity contribution in [3.63, 3.8) is 0 Å². The second kappa shape index (κ2) is 7.12. The van der Waals surface area contributed by atoms with Crippen LogP contribution in [-0.2, 0) is 0 Å². The van der Waals surface area contributed by atoms with Gasteiger partial charge in [-0.2, -0.15) is 0 Å². The van der Waals surface area contributed by atoms with Crippen LogP contribution in [0, 0.1) is 0 Å². The van der Waals surface area contributed by atoms with E-state index in [1.165, 1.54) is 0 Å². The summed E-state index contributed by atoms with van der Waals surface area (Å²) in [5.74, 6) is 0.413. The molecule has 5 heteroatoms. The van der Waals surface area contributed by atoms with E-state index >= 15 is 0 Å². The predicted molar refractivity (Wildman–Crippen MR) is 70.7 cm³/mol. The van der Waals surface area contributed by atoms with Gasteiger partial charge in [0.15, 0.2) is 0 Å². The van der Waals surface area contributed by atoms with Gasteiger partial charge in [0.05, 0.1) is 5.02 Å². The number of carbonyl (C=O) groups is 1. The molecule has 17 heavy (non-hydrogen) atoms. The molecule has 1 heterocycles. The van der Waals surface area contributed by atoms with Crippen LogP contribution in [0.1, 0.15) is 36.7 Å². The monoisotopic (exact) mass is 255 g/mol. The molecule has 0 fully saturated rings. The topological polar surface area (TPSA) is 54.0 Å². The fourth-order valence-corrected chi connectivity index (χ4v) is 1.59. The summed E-state index contributed by atoms with van der Waals surface area (Å²) in [6, 6.07) is 3.40. The standard InChI is InChI=1S/C12H18ClN3O/c1-3-4-5-8-15-12(17)11-9(13)6-7-10(14-2)16-11/h6-7H,3-5,8H2,1-2H3,(H,14,16)(H,15,17). The lowest BCUT2D eigenvalue weighted by Gasteiger charge is -2.07. The van der Waals surface area contributed by atoms with Crippen LogP contribution in [0.25, 0.3) is 0 Å². The number of pyridine rings is 1. The van der Waals surface area contributed by atoms with Gasteiger partial charge in [-0.25, -0.2) is 4.98 Å². The van der Waals surface area contributed by atoms with Crippen molar-refractivity contribution < 1.29 is 4.79 Å². The number of amides is 1. The molecule has 1 rings (SSSR count). The molecule has 0 aromatic carbocycles. The molecule has 1 aromatic rings. The summed E-state index contributed by atoms with van der Waals surface area (Å²) < 4.78 is 0. The fourth-order valence-electron chi connectivity index (χ4n) is 1.40. The molecular weight excluding hydrogens is 238 g/mol. The summed E-state index contributed by atoms with van der Waals surface area (Å²) in [6.07, 6.45) is 3.22. The van der Waals surface area contributed by atoms with Crippen LogP contribution < -0.4 is 10.6 Å². The number of rotatable bonds is 6. The number of carbonyl (C=O) groups excluding carboxylic acids is 1. The normalized spacial score (nSPS) is 10.1. The van der Waals surface area contributed by atoms with Crippen LogP contribution in [0.5, 0.6) is 0 Å². The molecule has 1 amide bonds. The van der Waals surface area contributed by atoms with Crippen molar-refractivity contribution in [2.24, 2.45) is 0 Å². The van der Waals surface area contributed by atoms with Crippen LogP contribution in [0.2, 0.25) is 5.02 Å². The first-order valence-electron chi connectivity index (χ1n) is 5.81. The van der Waals surface area contributed by atoms with Gasteiger partial charge in [-0.15, -0.1) is 0 Å². The molecule has 0 unspecified atom stereocenters. The maximum atomic E-state index is 11.8. The molecule has 0 bridgehead atoms. The molecule has 0 aliphatic heterocycles. The minimum Gasteiger partial charge on any atom is -0.373 e. The van der Waals surface area contributed by atoms with E-state index in [0.717, 1.165) is 19.3 Å². The Morgan fingerprint density at radius 1 is 1.41 bits per heavy atom. The summed E-state index contributed by atoms with van der Waals surface area (Å²) in [7, 11) is 1.75. The van der Waals surface area contributed by atoms with Crippen molar-refractivity contribution in [1.82, 2.24) is 10.3 Å². The lowest BCUT2D eigenvalue weighted by Crippen LogP contribution is -2.25. The quantitative estimate of drug-likeness (QED) is 0.769. The summed E-state index contributed by atoms with van der Waals surface area (Å²) in [6.45, 7) is 2.78. The molecular formula is C12H18ClN3O. The zero-order chi connectivity index (χ0) is 12.7. The molecule has 0 spiro atoms. The molecule has 0 atom stereocenters. The van der Waals surface area contributed by atoms with Gasteiger partial charge in [-0.1, -0.05) is 31.4 Å². The second-order valence-electron chi connectivity index (χ2n) is 3.74. The first-order valence-corrected chi connectivity index (χ1v) is 6.19. The maximum absolute atomic E-state index is 11.8. The Bertz CT molecular complexity index is 382. The highest BCUT2D eigenvalue weighted by molar-refractivity contribution is 6.33. The van der Waals surface area contributed by atoms with Crippen LogP contribution in [0.4, 0.5) is 5.82 Å². The SMILES string of the molecule is CCCCCNC(=O)c1nc(NC)ccc1Cl. The van der Waals surface area contributed by atoms with Crippen molar-refractivity contribution in [2.45, 2.75) is 26.2 Å². The van der Waals surface area contributed by atoms with E-state index in [-0.39, 0.29) is 11.6 Å². The van der Waals surface area contributed by atoms with Gasteiger partial charge < -0.3 is 10.6 Å². The van der Waals surface area contributed by atoms with Crippen LogP contribution in [0.15, 0.2) is 12.1 Å². The van der Waals surface area contributed by atoms with E-state index in [1.807, 2.05) is 0 Å². The van der Waals surface area contributed by atoms with Gasteiger partial charge in [0, 0.05) is 13.6 Å². The number of halogens is 1. The Labute approximate surface area is 107 Å². The lowest BCUT2D eigenvalue weighted by atomic mass is 10.2. The van der Waals surface area contributed by atoms with Crippen molar-refractivity contribution in [3.8, 4) is 0 Å². The van der Waals surface area contributed by atoms with Crippen molar-refractivity contribution in [2.75, 3.05) is 18.9 Å². The third kappa shape index (κ3) is 4.23. The zero-order valence-electron chi connectivity index (χ0n) is 10.2. The number of unbranched alkanes of at least 4 members (excludes halogenated alkanes) is 2. The number of anilines is 1. The van der Waals surface area contributed by atoms with E-state index in [4.69, 9.17) is 11.6 Å². The Balaban J connectivity index is 2.61. The molecule has 0 radical (unpaired) electrons. The van der Waals surface area contributed by atoms with Crippen molar-refractivity contribution in [1.29, 1.82) is 0 Å². The third-order valence-electron chi connectivity index (χ3n) is 2.38. The lowest BCUT2D eigenvalue weighted by molar-refractivity contribution is 0.0948. The first kappa shape index (κ1) is 13.8. The fraction of sp³-hybridized carbons (Fsp3) is 0.500.